The number of hydrogen-bond acceptors (Lipinski definition) is 3. The molecule has 0 aliphatic rings. The zero-order valence-corrected chi connectivity index (χ0v) is 12.8. The molecule has 0 amide bonds. The Hall–Kier alpha value is -2.05. The van der Waals surface area contributed by atoms with Crippen LogP contribution in [-0.2, 0) is 0 Å². The molecule has 2 aromatic carbocycles. The minimum atomic E-state index is -0.837. The molecule has 108 valence electrons. The first kappa shape index (κ1) is 13.9. The van der Waals surface area contributed by atoms with Gasteiger partial charge in [0.25, 0.3) is 0 Å². The molecule has 3 rings (SSSR count). The van der Waals surface area contributed by atoms with Crippen LogP contribution in [0.25, 0.3) is 11.0 Å². The second-order valence-electron chi connectivity index (χ2n) is 4.67. The number of hydrogen-bond donors (Lipinski definition) is 3. The predicted octanol–water partition coefficient (Wildman–Crippen LogP) is 2.71. The Morgan fingerprint density at radius 3 is 2.67 bits per heavy atom. The number of nitrogens with one attached hydrogen (secondary N) is 2. The van der Waals surface area contributed by atoms with Gasteiger partial charge in [-0.15, -0.1) is 0 Å². The Labute approximate surface area is 128 Å². The van der Waals surface area contributed by atoms with Crippen LogP contribution in [0, 0.1) is 0 Å². The van der Waals surface area contributed by atoms with Crippen molar-refractivity contribution in [2.24, 2.45) is 0 Å². The highest BCUT2D eigenvalue weighted by molar-refractivity contribution is 9.10. The molecule has 6 heteroatoms. The van der Waals surface area contributed by atoms with Crippen LogP contribution in [0.5, 0.6) is 5.75 Å². The smallest absolute Gasteiger partial charge is 0.323 e. The van der Waals surface area contributed by atoms with E-state index in [4.69, 9.17) is 4.74 Å². The van der Waals surface area contributed by atoms with Gasteiger partial charge in [0.1, 0.15) is 11.9 Å². The molecule has 1 heterocycles. The molecule has 0 radical (unpaired) electrons. The number of methoxy groups -OCH3 is 1. The Balaban J connectivity index is 2.07. The van der Waals surface area contributed by atoms with Crippen molar-refractivity contribution in [2.45, 2.75) is 6.10 Å². The summed E-state index contributed by atoms with van der Waals surface area (Å²) in [6, 6.07) is 10.7. The number of aliphatic hydroxyl groups is 1. The van der Waals surface area contributed by atoms with Gasteiger partial charge in [0.2, 0.25) is 0 Å². The maximum atomic E-state index is 11.3. The van der Waals surface area contributed by atoms with Gasteiger partial charge in [0, 0.05) is 10.0 Å². The summed E-state index contributed by atoms with van der Waals surface area (Å²) in [6.45, 7) is 0. The summed E-state index contributed by atoms with van der Waals surface area (Å²) < 4.78 is 6.18. The van der Waals surface area contributed by atoms with Crippen molar-refractivity contribution in [3.8, 4) is 5.75 Å². The molecule has 0 saturated heterocycles. The van der Waals surface area contributed by atoms with Gasteiger partial charge in [-0.05, 0) is 29.8 Å². The van der Waals surface area contributed by atoms with E-state index >= 15 is 0 Å². The van der Waals surface area contributed by atoms with E-state index in [0.717, 1.165) is 4.47 Å². The van der Waals surface area contributed by atoms with Gasteiger partial charge < -0.3 is 19.8 Å². The first-order valence-electron chi connectivity index (χ1n) is 6.32. The maximum Gasteiger partial charge on any atom is 0.323 e. The number of aliphatic hydroxyl groups excluding tert-OH is 1. The van der Waals surface area contributed by atoms with Crippen LogP contribution in [0.3, 0.4) is 0 Å². The van der Waals surface area contributed by atoms with Crippen LogP contribution in [0.1, 0.15) is 17.2 Å². The highest BCUT2D eigenvalue weighted by atomic mass is 79.9. The lowest BCUT2D eigenvalue weighted by Gasteiger charge is -2.15. The van der Waals surface area contributed by atoms with E-state index in [1.54, 1.807) is 37.4 Å². The van der Waals surface area contributed by atoms with Gasteiger partial charge in [-0.3, -0.25) is 0 Å². The minimum absolute atomic E-state index is 0.266. The summed E-state index contributed by atoms with van der Waals surface area (Å²) in [5.41, 5.74) is 2.44. The molecular weight excluding hydrogens is 336 g/mol. The van der Waals surface area contributed by atoms with Crippen LogP contribution in [0.15, 0.2) is 45.7 Å². The molecule has 0 aliphatic carbocycles. The lowest BCUT2D eigenvalue weighted by atomic mass is 10.0. The average Bonchev–Trinajstić information content (AvgIpc) is 2.85. The van der Waals surface area contributed by atoms with Gasteiger partial charge >= 0.3 is 5.69 Å². The van der Waals surface area contributed by atoms with Gasteiger partial charge in [0.05, 0.1) is 18.1 Å². The largest absolute Gasteiger partial charge is 0.496 e. The highest BCUT2D eigenvalue weighted by Gasteiger charge is 2.16. The zero-order valence-electron chi connectivity index (χ0n) is 11.2. The number of ether oxygens (including phenoxy) is 1. The quantitative estimate of drug-likeness (QED) is 0.680. The van der Waals surface area contributed by atoms with E-state index in [2.05, 4.69) is 25.9 Å². The van der Waals surface area contributed by atoms with Crippen molar-refractivity contribution in [1.29, 1.82) is 0 Å². The molecule has 1 atom stereocenters. The van der Waals surface area contributed by atoms with E-state index in [9.17, 15) is 9.90 Å². The Morgan fingerprint density at radius 2 is 1.90 bits per heavy atom. The van der Waals surface area contributed by atoms with Crippen LogP contribution in [0.4, 0.5) is 0 Å². The monoisotopic (exact) mass is 348 g/mol. The second-order valence-corrected chi connectivity index (χ2v) is 5.59. The number of imidazole rings is 1. The third-order valence-corrected chi connectivity index (χ3v) is 3.84. The minimum Gasteiger partial charge on any atom is -0.496 e. The summed E-state index contributed by atoms with van der Waals surface area (Å²) in [7, 11) is 1.56. The fourth-order valence-electron chi connectivity index (χ4n) is 2.31. The molecule has 21 heavy (non-hydrogen) atoms. The number of rotatable bonds is 3. The number of fused-ring (bicyclic) bond motifs is 1. The molecular formula is C15H13BrN2O3. The third-order valence-electron chi connectivity index (χ3n) is 3.35. The number of aromatic nitrogens is 2. The molecule has 0 fully saturated rings. The maximum absolute atomic E-state index is 11.3. The molecule has 3 N–H and O–H groups in total. The molecule has 3 aromatic rings. The molecule has 1 aromatic heterocycles. The molecule has 0 spiro atoms. The standard InChI is InChI=1S/C15H13BrN2O3/c1-21-13-7-9(16)3-4-10(13)14(19)8-2-5-11-12(6-8)18-15(20)17-11/h2-7,14,19H,1H3,(H2,17,18,20). The lowest BCUT2D eigenvalue weighted by Crippen LogP contribution is -2.02. The Kier molecular flexibility index (Phi) is 3.57. The fraction of sp³-hybridized carbons (Fsp3) is 0.133. The fourth-order valence-corrected chi connectivity index (χ4v) is 2.65. The van der Waals surface area contributed by atoms with E-state index < -0.39 is 6.10 Å². The van der Waals surface area contributed by atoms with E-state index in [-0.39, 0.29) is 5.69 Å². The molecule has 0 aliphatic heterocycles. The topological polar surface area (TPSA) is 78.1 Å². The van der Waals surface area contributed by atoms with Gasteiger partial charge in [0.15, 0.2) is 0 Å². The molecule has 0 bridgehead atoms. The van der Waals surface area contributed by atoms with Gasteiger partial charge in [-0.2, -0.15) is 0 Å². The van der Waals surface area contributed by atoms with Crippen molar-refractivity contribution < 1.29 is 9.84 Å². The van der Waals surface area contributed by atoms with E-state index in [1.807, 2.05) is 6.07 Å². The summed E-state index contributed by atoms with van der Waals surface area (Å²) >= 11 is 3.37. The van der Waals surface area contributed by atoms with Gasteiger partial charge in [-0.25, -0.2) is 4.79 Å². The van der Waals surface area contributed by atoms with Gasteiger partial charge in [-0.1, -0.05) is 28.1 Å². The Bertz CT molecular complexity index is 853. The summed E-state index contributed by atoms with van der Waals surface area (Å²) in [6.07, 6.45) is -0.837. The van der Waals surface area contributed by atoms with Crippen molar-refractivity contribution in [2.75, 3.05) is 7.11 Å². The molecule has 1 unspecified atom stereocenters. The molecule has 0 saturated carbocycles. The lowest BCUT2D eigenvalue weighted by molar-refractivity contribution is 0.215. The predicted molar refractivity (Wildman–Crippen MR) is 83.7 cm³/mol. The van der Waals surface area contributed by atoms with E-state index in [1.165, 1.54) is 0 Å². The van der Waals surface area contributed by atoms with Crippen LogP contribution >= 0.6 is 15.9 Å². The van der Waals surface area contributed by atoms with E-state index in [0.29, 0.717) is 27.9 Å². The van der Waals surface area contributed by atoms with Crippen molar-refractivity contribution >= 4 is 27.0 Å². The number of benzene rings is 2. The first-order valence-corrected chi connectivity index (χ1v) is 7.11. The highest BCUT2D eigenvalue weighted by Crippen LogP contribution is 2.32. The number of aromatic amines is 2. The van der Waals surface area contributed by atoms with Crippen molar-refractivity contribution in [1.82, 2.24) is 9.97 Å². The summed E-state index contributed by atoms with van der Waals surface area (Å²) in [5.74, 6) is 0.597. The first-order chi connectivity index (χ1) is 10.1. The van der Waals surface area contributed by atoms with Crippen LogP contribution in [0.2, 0.25) is 0 Å². The second kappa shape index (κ2) is 5.38. The SMILES string of the molecule is COc1cc(Br)ccc1C(O)c1ccc2[nH]c(=O)[nH]c2c1. The third kappa shape index (κ3) is 2.59. The summed E-state index contributed by atoms with van der Waals surface area (Å²) in [5, 5.41) is 10.6. The summed E-state index contributed by atoms with van der Waals surface area (Å²) in [4.78, 5) is 16.6. The van der Waals surface area contributed by atoms with Crippen LogP contribution in [-0.4, -0.2) is 22.2 Å². The normalized spacial score (nSPS) is 12.5. The van der Waals surface area contributed by atoms with Crippen molar-refractivity contribution in [3.05, 3.63) is 62.5 Å². The van der Waals surface area contributed by atoms with Crippen molar-refractivity contribution in [3.63, 3.8) is 0 Å². The zero-order chi connectivity index (χ0) is 15.0. The Morgan fingerprint density at radius 1 is 1.14 bits per heavy atom. The number of halogens is 1. The molecule has 5 nitrogen and oxygen atoms in total. The number of H-pyrrole nitrogens is 2. The average molecular weight is 349 g/mol. The van der Waals surface area contributed by atoms with Crippen LogP contribution < -0.4 is 10.4 Å².